The highest BCUT2D eigenvalue weighted by Gasteiger charge is 2.18. The molecule has 0 unspecified atom stereocenters. The number of carbonyl (C=O) groups is 1. The van der Waals surface area contributed by atoms with Gasteiger partial charge in [0.15, 0.2) is 11.5 Å². The lowest BCUT2D eigenvalue weighted by Gasteiger charge is -2.15. The zero-order chi connectivity index (χ0) is 15.2. The van der Waals surface area contributed by atoms with Crippen LogP contribution in [0.4, 0.5) is 0 Å². The van der Waals surface area contributed by atoms with Crippen LogP contribution in [0.15, 0.2) is 42.5 Å². The van der Waals surface area contributed by atoms with Gasteiger partial charge >= 0.3 is 5.97 Å². The molecule has 0 fully saturated rings. The van der Waals surface area contributed by atoms with Crippen molar-refractivity contribution in [3.8, 4) is 11.5 Å². The number of aryl methyl sites for hydroxylation is 1. The number of benzene rings is 2. The minimum absolute atomic E-state index is 0.127. The summed E-state index contributed by atoms with van der Waals surface area (Å²) in [5.41, 5.74) is 1.99. The smallest absolute Gasteiger partial charge is 0.339 e. The molecule has 0 amide bonds. The normalized spacial score (nSPS) is 10.2. The Labute approximate surface area is 123 Å². The number of methoxy groups -OCH3 is 1. The highest BCUT2D eigenvalue weighted by Crippen LogP contribution is 2.33. The van der Waals surface area contributed by atoms with Crippen molar-refractivity contribution in [1.82, 2.24) is 0 Å². The van der Waals surface area contributed by atoms with E-state index in [0.29, 0.717) is 12.4 Å². The molecule has 0 saturated heterocycles. The maximum absolute atomic E-state index is 11.4. The van der Waals surface area contributed by atoms with Crippen molar-refractivity contribution in [3.05, 3.63) is 59.2 Å². The van der Waals surface area contributed by atoms with Gasteiger partial charge in [0.1, 0.15) is 12.2 Å². The van der Waals surface area contributed by atoms with Gasteiger partial charge in [-0.05, 0) is 29.7 Å². The maximum Gasteiger partial charge on any atom is 0.339 e. The Bertz CT molecular complexity index is 620. The Morgan fingerprint density at radius 3 is 2.43 bits per heavy atom. The third-order valence-corrected chi connectivity index (χ3v) is 3.20. The molecular formula is C17H18O4. The molecule has 0 saturated carbocycles. The van der Waals surface area contributed by atoms with Crippen LogP contribution in [0.1, 0.15) is 28.4 Å². The SMILES string of the molecule is CCc1cc(OC)c(OCc2ccccc2)c(C(=O)O)c1. The van der Waals surface area contributed by atoms with E-state index in [9.17, 15) is 9.90 Å². The molecule has 2 rings (SSSR count). The van der Waals surface area contributed by atoms with E-state index >= 15 is 0 Å². The largest absolute Gasteiger partial charge is 0.493 e. The van der Waals surface area contributed by atoms with Crippen LogP contribution in [0.25, 0.3) is 0 Å². The molecule has 0 radical (unpaired) electrons. The van der Waals surface area contributed by atoms with Crippen molar-refractivity contribution >= 4 is 5.97 Å². The molecule has 110 valence electrons. The first-order valence-corrected chi connectivity index (χ1v) is 6.76. The predicted octanol–water partition coefficient (Wildman–Crippen LogP) is 3.53. The molecule has 0 aliphatic heterocycles. The third kappa shape index (κ3) is 3.54. The van der Waals surface area contributed by atoms with Crippen LogP contribution in [-0.4, -0.2) is 18.2 Å². The lowest BCUT2D eigenvalue weighted by atomic mass is 10.1. The quantitative estimate of drug-likeness (QED) is 0.882. The first-order valence-electron chi connectivity index (χ1n) is 6.76. The van der Waals surface area contributed by atoms with E-state index in [4.69, 9.17) is 9.47 Å². The van der Waals surface area contributed by atoms with Crippen molar-refractivity contribution in [3.63, 3.8) is 0 Å². The molecule has 2 aromatic carbocycles. The summed E-state index contributed by atoms with van der Waals surface area (Å²) >= 11 is 0. The Hall–Kier alpha value is -2.49. The van der Waals surface area contributed by atoms with Gasteiger partial charge in [-0.25, -0.2) is 4.79 Å². The first kappa shape index (κ1) is 14.9. The van der Waals surface area contributed by atoms with Gasteiger partial charge < -0.3 is 14.6 Å². The van der Waals surface area contributed by atoms with Crippen molar-refractivity contribution in [2.24, 2.45) is 0 Å². The molecule has 0 aliphatic rings. The van der Waals surface area contributed by atoms with Gasteiger partial charge in [0.25, 0.3) is 0 Å². The Morgan fingerprint density at radius 1 is 1.14 bits per heavy atom. The van der Waals surface area contributed by atoms with E-state index in [-0.39, 0.29) is 11.3 Å². The number of hydrogen-bond acceptors (Lipinski definition) is 3. The molecule has 0 atom stereocenters. The topological polar surface area (TPSA) is 55.8 Å². The minimum atomic E-state index is -1.02. The van der Waals surface area contributed by atoms with Gasteiger partial charge in [-0.2, -0.15) is 0 Å². The number of rotatable bonds is 6. The summed E-state index contributed by atoms with van der Waals surface area (Å²) in [4.78, 5) is 11.4. The summed E-state index contributed by atoms with van der Waals surface area (Å²) in [5.74, 6) is -0.305. The van der Waals surface area contributed by atoms with Crippen LogP contribution < -0.4 is 9.47 Å². The van der Waals surface area contributed by atoms with Crippen molar-refractivity contribution in [2.75, 3.05) is 7.11 Å². The Kier molecular flexibility index (Phi) is 4.82. The summed E-state index contributed by atoms with van der Waals surface area (Å²) in [7, 11) is 1.51. The molecule has 0 heterocycles. The monoisotopic (exact) mass is 286 g/mol. The molecule has 0 aliphatic carbocycles. The number of carboxylic acids is 1. The lowest BCUT2D eigenvalue weighted by Crippen LogP contribution is -2.06. The molecule has 1 N–H and O–H groups in total. The molecule has 0 spiro atoms. The lowest BCUT2D eigenvalue weighted by molar-refractivity contribution is 0.0690. The van der Waals surface area contributed by atoms with E-state index in [2.05, 4.69) is 0 Å². The molecule has 0 bridgehead atoms. The molecule has 0 aromatic heterocycles. The van der Waals surface area contributed by atoms with E-state index in [1.807, 2.05) is 43.3 Å². The van der Waals surface area contributed by atoms with E-state index < -0.39 is 5.97 Å². The Balaban J connectivity index is 2.34. The van der Waals surface area contributed by atoms with Crippen LogP contribution in [-0.2, 0) is 13.0 Å². The van der Waals surface area contributed by atoms with Gasteiger partial charge in [-0.3, -0.25) is 0 Å². The second-order valence-electron chi connectivity index (χ2n) is 4.61. The molecule has 21 heavy (non-hydrogen) atoms. The van der Waals surface area contributed by atoms with Crippen molar-refractivity contribution in [2.45, 2.75) is 20.0 Å². The summed E-state index contributed by atoms with van der Waals surface area (Å²) < 4.78 is 11.0. The van der Waals surface area contributed by atoms with E-state index in [0.717, 1.165) is 17.5 Å². The maximum atomic E-state index is 11.4. The fourth-order valence-corrected chi connectivity index (χ4v) is 2.05. The minimum Gasteiger partial charge on any atom is -0.493 e. The number of carboxylic acid groups (broad SMARTS) is 1. The fourth-order valence-electron chi connectivity index (χ4n) is 2.05. The fraction of sp³-hybridized carbons (Fsp3) is 0.235. The van der Waals surface area contributed by atoms with Crippen LogP contribution in [0.2, 0.25) is 0 Å². The average molecular weight is 286 g/mol. The molecular weight excluding hydrogens is 268 g/mol. The van der Waals surface area contributed by atoms with Gasteiger partial charge in [-0.1, -0.05) is 37.3 Å². The summed E-state index contributed by atoms with van der Waals surface area (Å²) in [6.07, 6.45) is 0.732. The highest BCUT2D eigenvalue weighted by molar-refractivity contribution is 5.92. The van der Waals surface area contributed by atoms with Crippen molar-refractivity contribution < 1.29 is 19.4 Å². The van der Waals surface area contributed by atoms with Crippen LogP contribution in [0.3, 0.4) is 0 Å². The first-order chi connectivity index (χ1) is 10.2. The number of ether oxygens (including phenoxy) is 2. The van der Waals surface area contributed by atoms with Gasteiger partial charge in [0.2, 0.25) is 0 Å². The summed E-state index contributed by atoms with van der Waals surface area (Å²) in [5, 5.41) is 9.37. The average Bonchev–Trinajstić information content (AvgIpc) is 2.52. The van der Waals surface area contributed by atoms with E-state index in [1.165, 1.54) is 7.11 Å². The van der Waals surface area contributed by atoms with E-state index in [1.54, 1.807) is 6.07 Å². The second-order valence-corrected chi connectivity index (χ2v) is 4.61. The van der Waals surface area contributed by atoms with Crippen LogP contribution >= 0.6 is 0 Å². The predicted molar refractivity (Wildman–Crippen MR) is 80.1 cm³/mol. The third-order valence-electron chi connectivity index (χ3n) is 3.20. The summed E-state index contributed by atoms with van der Waals surface area (Å²) in [6.45, 7) is 2.26. The standard InChI is InChI=1S/C17H18O4/c1-3-12-9-14(17(18)19)16(15(10-12)20-2)21-11-13-7-5-4-6-8-13/h4-10H,3,11H2,1-2H3,(H,18,19). The van der Waals surface area contributed by atoms with Gasteiger partial charge in [-0.15, -0.1) is 0 Å². The number of hydrogen-bond donors (Lipinski definition) is 1. The van der Waals surface area contributed by atoms with Crippen LogP contribution in [0.5, 0.6) is 11.5 Å². The number of aromatic carboxylic acids is 1. The zero-order valence-electron chi connectivity index (χ0n) is 12.1. The molecule has 2 aromatic rings. The highest BCUT2D eigenvalue weighted by atomic mass is 16.5. The van der Waals surface area contributed by atoms with Crippen LogP contribution in [0, 0.1) is 0 Å². The zero-order valence-corrected chi connectivity index (χ0v) is 12.1. The van der Waals surface area contributed by atoms with Gasteiger partial charge in [0, 0.05) is 0 Å². The Morgan fingerprint density at radius 2 is 1.86 bits per heavy atom. The molecule has 4 nitrogen and oxygen atoms in total. The van der Waals surface area contributed by atoms with Crippen molar-refractivity contribution in [1.29, 1.82) is 0 Å². The second kappa shape index (κ2) is 6.79. The molecule has 4 heteroatoms. The summed E-state index contributed by atoms with van der Waals surface area (Å²) in [6, 6.07) is 13.0. The van der Waals surface area contributed by atoms with Gasteiger partial charge in [0.05, 0.1) is 7.11 Å².